The molecule has 0 bridgehead atoms. The predicted molar refractivity (Wildman–Crippen MR) is 46.7 cm³/mol. The van der Waals surface area contributed by atoms with Crippen LogP contribution in [-0.4, -0.2) is 23.2 Å². The molecule has 1 fully saturated rings. The van der Waals surface area contributed by atoms with E-state index in [0.717, 1.165) is 12.8 Å². The van der Waals surface area contributed by atoms with Gasteiger partial charge in [0, 0.05) is 6.21 Å². The van der Waals surface area contributed by atoms with Crippen molar-refractivity contribution in [2.24, 2.45) is 16.9 Å². The minimum Gasteiger partial charge on any atom is -0.273 e. The minimum absolute atomic E-state index is 0.186. The lowest BCUT2D eigenvalue weighted by atomic mass is 9.84. The first-order valence-electron chi connectivity index (χ1n) is 4.55. The van der Waals surface area contributed by atoms with Crippen molar-refractivity contribution in [1.82, 2.24) is 5.01 Å². The van der Waals surface area contributed by atoms with Gasteiger partial charge in [0.15, 0.2) is 0 Å². The Labute approximate surface area is 72.4 Å². The Morgan fingerprint density at radius 2 is 2.33 bits per heavy atom. The fraction of sp³-hybridized carbons (Fsp3) is 0.778. The quantitative estimate of drug-likeness (QED) is 0.498. The molecule has 0 aromatic carbocycles. The summed E-state index contributed by atoms with van der Waals surface area (Å²) < 4.78 is 0. The van der Waals surface area contributed by atoms with Gasteiger partial charge in [0.25, 0.3) is 0 Å². The number of nitrogens with zero attached hydrogens (tertiary/aromatic N) is 2. The van der Waals surface area contributed by atoms with Crippen molar-refractivity contribution in [3.8, 4) is 0 Å². The molecule has 12 heavy (non-hydrogen) atoms. The number of amides is 1. The molecule has 3 heteroatoms. The molecule has 3 atom stereocenters. The third-order valence-electron chi connectivity index (χ3n) is 2.86. The molecule has 0 saturated carbocycles. The number of hydrazone groups is 1. The maximum atomic E-state index is 11.3. The SMILES string of the molecule is CC1CC=NN2C(=O)[C@H](C)[C@H]2C1. The van der Waals surface area contributed by atoms with Gasteiger partial charge in [-0.15, -0.1) is 0 Å². The van der Waals surface area contributed by atoms with E-state index in [1.54, 1.807) is 5.01 Å². The molecule has 2 aliphatic rings. The highest BCUT2D eigenvalue weighted by molar-refractivity contribution is 5.86. The van der Waals surface area contributed by atoms with Crippen LogP contribution in [0.3, 0.4) is 0 Å². The molecule has 0 N–H and O–H groups in total. The Bertz CT molecular complexity index is 237. The van der Waals surface area contributed by atoms with E-state index in [-0.39, 0.29) is 11.8 Å². The Morgan fingerprint density at radius 3 is 3.08 bits per heavy atom. The zero-order valence-corrected chi connectivity index (χ0v) is 7.53. The predicted octanol–water partition coefficient (Wildman–Crippen LogP) is 1.25. The van der Waals surface area contributed by atoms with Crippen LogP contribution in [0.5, 0.6) is 0 Å². The van der Waals surface area contributed by atoms with Crippen molar-refractivity contribution in [2.45, 2.75) is 32.7 Å². The van der Waals surface area contributed by atoms with Crippen molar-refractivity contribution in [1.29, 1.82) is 0 Å². The van der Waals surface area contributed by atoms with Crippen LogP contribution in [-0.2, 0) is 4.79 Å². The molecule has 0 radical (unpaired) electrons. The van der Waals surface area contributed by atoms with Gasteiger partial charge in [-0.25, -0.2) is 5.01 Å². The maximum Gasteiger partial charge on any atom is 0.247 e. The molecular weight excluding hydrogens is 152 g/mol. The highest BCUT2D eigenvalue weighted by Crippen LogP contribution is 2.33. The van der Waals surface area contributed by atoms with Gasteiger partial charge < -0.3 is 0 Å². The van der Waals surface area contributed by atoms with Crippen molar-refractivity contribution in [2.75, 3.05) is 0 Å². The van der Waals surface area contributed by atoms with E-state index in [9.17, 15) is 4.79 Å². The van der Waals surface area contributed by atoms with Crippen LogP contribution < -0.4 is 0 Å². The van der Waals surface area contributed by atoms with Crippen LogP contribution in [0.25, 0.3) is 0 Å². The summed E-state index contributed by atoms with van der Waals surface area (Å²) in [6.45, 7) is 4.21. The van der Waals surface area contributed by atoms with Crippen molar-refractivity contribution >= 4 is 12.1 Å². The van der Waals surface area contributed by atoms with Crippen LogP contribution in [0, 0.1) is 11.8 Å². The maximum absolute atomic E-state index is 11.3. The number of β-lactam (4-membered cyclic amide) rings is 1. The van der Waals surface area contributed by atoms with Gasteiger partial charge >= 0.3 is 0 Å². The molecule has 0 aromatic rings. The minimum atomic E-state index is 0.186. The highest BCUT2D eigenvalue weighted by Gasteiger charge is 2.45. The molecule has 1 amide bonds. The van der Waals surface area contributed by atoms with Gasteiger partial charge in [0.2, 0.25) is 5.91 Å². The van der Waals surface area contributed by atoms with Gasteiger partial charge in [0.1, 0.15) is 0 Å². The first-order chi connectivity index (χ1) is 5.70. The van der Waals surface area contributed by atoms with Crippen LogP contribution in [0.15, 0.2) is 5.10 Å². The summed E-state index contributed by atoms with van der Waals surface area (Å²) >= 11 is 0. The molecule has 0 spiro atoms. The van der Waals surface area contributed by atoms with E-state index in [2.05, 4.69) is 12.0 Å². The van der Waals surface area contributed by atoms with Crippen molar-refractivity contribution in [3.05, 3.63) is 0 Å². The van der Waals surface area contributed by atoms with Crippen LogP contribution in [0.2, 0.25) is 0 Å². The number of fused-ring (bicyclic) bond motifs is 1. The number of hydrogen-bond acceptors (Lipinski definition) is 2. The molecule has 2 aliphatic heterocycles. The fourth-order valence-electron chi connectivity index (χ4n) is 1.94. The first kappa shape index (κ1) is 7.77. The number of carbonyl (C=O) groups is 1. The second kappa shape index (κ2) is 2.57. The fourth-order valence-corrected chi connectivity index (χ4v) is 1.94. The summed E-state index contributed by atoms with van der Waals surface area (Å²) in [5.41, 5.74) is 0. The molecule has 66 valence electrons. The van der Waals surface area contributed by atoms with Gasteiger partial charge in [-0.1, -0.05) is 13.8 Å². The summed E-state index contributed by atoms with van der Waals surface area (Å²) in [5.74, 6) is 1.05. The summed E-state index contributed by atoms with van der Waals surface area (Å²) in [6, 6.07) is 0.381. The summed E-state index contributed by atoms with van der Waals surface area (Å²) in [5, 5.41) is 5.78. The average Bonchev–Trinajstić information content (AvgIpc) is 2.24. The van der Waals surface area contributed by atoms with E-state index in [0.29, 0.717) is 12.0 Å². The van der Waals surface area contributed by atoms with Crippen LogP contribution in [0.1, 0.15) is 26.7 Å². The molecule has 2 rings (SSSR count). The van der Waals surface area contributed by atoms with Crippen molar-refractivity contribution < 1.29 is 4.79 Å². The molecule has 1 unspecified atom stereocenters. The van der Waals surface area contributed by atoms with E-state index >= 15 is 0 Å². The molecule has 0 aromatic heterocycles. The average molecular weight is 166 g/mol. The normalized spacial score (nSPS) is 40.3. The molecule has 2 heterocycles. The molecular formula is C9H14N2O. The zero-order valence-electron chi connectivity index (χ0n) is 7.53. The van der Waals surface area contributed by atoms with E-state index in [1.165, 1.54) is 0 Å². The Kier molecular flexibility index (Phi) is 1.67. The lowest BCUT2D eigenvalue weighted by Crippen LogP contribution is -2.56. The Morgan fingerprint density at radius 1 is 1.58 bits per heavy atom. The van der Waals surface area contributed by atoms with E-state index < -0.39 is 0 Å². The standard InChI is InChI=1S/C9H14N2O/c1-6-3-4-10-11-8(5-6)7(2)9(11)12/h4,6-8H,3,5H2,1-2H3/t6?,7-,8-/m1/s1. The second-order valence-electron chi connectivity index (χ2n) is 3.91. The van der Waals surface area contributed by atoms with Crippen molar-refractivity contribution in [3.63, 3.8) is 0 Å². The first-order valence-corrected chi connectivity index (χ1v) is 4.55. The summed E-state index contributed by atoms with van der Waals surface area (Å²) in [4.78, 5) is 11.3. The van der Waals surface area contributed by atoms with Crippen LogP contribution in [0.4, 0.5) is 0 Å². The van der Waals surface area contributed by atoms with Gasteiger partial charge in [-0.2, -0.15) is 5.10 Å². The lowest BCUT2D eigenvalue weighted by Gasteiger charge is -2.41. The van der Waals surface area contributed by atoms with Crippen LogP contribution >= 0.6 is 0 Å². The van der Waals surface area contributed by atoms with E-state index in [4.69, 9.17) is 0 Å². The topological polar surface area (TPSA) is 32.7 Å². The monoisotopic (exact) mass is 166 g/mol. The number of carbonyl (C=O) groups excluding carboxylic acids is 1. The van der Waals surface area contributed by atoms with E-state index in [1.807, 2.05) is 13.1 Å². The summed E-state index contributed by atoms with van der Waals surface area (Å²) in [6.07, 6.45) is 3.98. The third kappa shape index (κ3) is 0.958. The molecule has 1 saturated heterocycles. The number of hydrogen-bond donors (Lipinski definition) is 0. The second-order valence-corrected chi connectivity index (χ2v) is 3.91. The molecule has 3 nitrogen and oxygen atoms in total. The smallest absolute Gasteiger partial charge is 0.247 e. The Hall–Kier alpha value is -0.860. The largest absolute Gasteiger partial charge is 0.273 e. The van der Waals surface area contributed by atoms with Gasteiger partial charge in [-0.3, -0.25) is 4.79 Å². The van der Waals surface area contributed by atoms with Gasteiger partial charge in [-0.05, 0) is 18.8 Å². The lowest BCUT2D eigenvalue weighted by molar-refractivity contribution is -0.155. The number of rotatable bonds is 0. The third-order valence-corrected chi connectivity index (χ3v) is 2.86. The highest BCUT2D eigenvalue weighted by atomic mass is 16.2. The summed E-state index contributed by atoms with van der Waals surface area (Å²) in [7, 11) is 0. The zero-order chi connectivity index (χ0) is 8.72. The van der Waals surface area contributed by atoms with Gasteiger partial charge in [0.05, 0.1) is 12.0 Å². The Balaban J connectivity index is 2.14. The molecule has 0 aliphatic carbocycles.